The fourth-order valence-corrected chi connectivity index (χ4v) is 3.03. The van der Waals surface area contributed by atoms with Crippen molar-refractivity contribution in [2.24, 2.45) is 5.41 Å². The predicted molar refractivity (Wildman–Crippen MR) is 92.1 cm³/mol. The fraction of sp³-hybridized carbons (Fsp3) is 0.421. The Morgan fingerprint density at radius 3 is 2.61 bits per heavy atom. The Balaban J connectivity index is 2.17. The van der Waals surface area contributed by atoms with Crippen molar-refractivity contribution in [3.05, 3.63) is 52.7 Å². The van der Waals surface area contributed by atoms with Crippen LogP contribution in [-0.4, -0.2) is 21.0 Å². The van der Waals surface area contributed by atoms with Crippen LogP contribution in [0.15, 0.2) is 41.3 Å². The van der Waals surface area contributed by atoms with Crippen molar-refractivity contribution < 1.29 is 9.90 Å². The molecule has 0 aromatic carbocycles. The van der Waals surface area contributed by atoms with Gasteiger partial charge in [0.2, 0.25) is 0 Å². The summed E-state index contributed by atoms with van der Waals surface area (Å²) in [4.78, 5) is 18.8. The molecule has 4 nitrogen and oxygen atoms in total. The molecule has 1 aromatic rings. The summed E-state index contributed by atoms with van der Waals surface area (Å²) in [6, 6.07) is 0. The summed E-state index contributed by atoms with van der Waals surface area (Å²) >= 11 is 0. The summed E-state index contributed by atoms with van der Waals surface area (Å²) in [6.07, 6.45) is 12.6. The summed E-state index contributed by atoms with van der Waals surface area (Å²) in [5.74, 6) is -1.06. The lowest BCUT2D eigenvalue weighted by Crippen LogP contribution is -2.19. The van der Waals surface area contributed by atoms with Crippen LogP contribution < -0.4 is 0 Å². The van der Waals surface area contributed by atoms with Gasteiger partial charge in [0.15, 0.2) is 5.69 Å². The second-order valence-corrected chi connectivity index (χ2v) is 6.78. The number of aromatic carboxylic acids is 1. The highest BCUT2D eigenvalue weighted by Crippen LogP contribution is 2.40. The Labute approximate surface area is 137 Å². The molecule has 0 fully saturated rings. The number of aromatic nitrogens is 2. The van der Waals surface area contributed by atoms with E-state index >= 15 is 0 Å². The van der Waals surface area contributed by atoms with Gasteiger partial charge in [-0.3, -0.25) is 4.98 Å². The van der Waals surface area contributed by atoms with Crippen molar-refractivity contribution in [1.82, 2.24) is 9.97 Å². The highest BCUT2D eigenvalue weighted by molar-refractivity contribution is 5.84. The number of hydrogen-bond acceptors (Lipinski definition) is 3. The van der Waals surface area contributed by atoms with Gasteiger partial charge >= 0.3 is 5.97 Å². The molecule has 0 unspecified atom stereocenters. The monoisotopic (exact) mass is 312 g/mol. The van der Waals surface area contributed by atoms with Crippen LogP contribution in [-0.2, 0) is 0 Å². The molecular weight excluding hydrogens is 288 g/mol. The third-order valence-electron chi connectivity index (χ3n) is 4.32. The minimum atomic E-state index is -1.06. The first-order chi connectivity index (χ1) is 10.8. The van der Waals surface area contributed by atoms with Gasteiger partial charge in [-0.15, -0.1) is 0 Å². The number of carboxylic acids is 1. The number of allylic oxidation sites excluding steroid dienone is 5. The highest BCUT2D eigenvalue weighted by Gasteiger charge is 2.26. The lowest BCUT2D eigenvalue weighted by Gasteiger charge is -2.32. The van der Waals surface area contributed by atoms with Gasteiger partial charge in [-0.05, 0) is 55.7 Å². The van der Waals surface area contributed by atoms with Gasteiger partial charge in [0.1, 0.15) is 0 Å². The van der Waals surface area contributed by atoms with Gasteiger partial charge in [0, 0.05) is 0 Å². The molecule has 0 saturated carbocycles. The van der Waals surface area contributed by atoms with E-state index in [0.717, 1.165) is 5.57 Å². The minimum absolute atomic E-state index is 0.0416. The topological polar surface area (TPSA) is 63.1 Å². The van der Waals surface area contributed by atoms with Gasteiger partial charge in [-0.25, -0.2) is 9.78 Å². The molecular formula is C19H24N2O2. The van der Waals surface area contributed by atoms with Gasteiger partial charge in [-0.1, -0.05) is 31.6 Å². The zero-order valence-electron chi connectivity index (χ0n) is 14.3. The first-order valence-electron chi connectivity index (χ1n) is 7.91. The molecule has 1 aliphatic rings. The van der Waals surface area contributed by atoms with E-state index in [4.69, 9.17) is 5.11 Å². The Morgan fingerprint density at radius 1 is 1.30 bits per heavy atom. The third kappa shape index (κ3) is 4.38. The fourth-order valence-electron chi connectivity index (χ4n) is 3.03. The Kier molecular flexibility index (Phi) is 5.14. The maximum absolute atomic E-state index is 10.8. The van der Waals surface area contributed by atoms with Gasteiger partial charge in [-0.2, -0.15) is 0 Å². The summed E-state index contributed by atoms with van der Waals surface area (Å²) in [5, 5.41) is 8.83. The largest absolute Gasteiger partial charge is 0.476 e. The van der Waals surface area contributed by atoms with Crippen LogP contribution in [0.2, 0.25) is 0 Å². The molecule has 1 N–H and O–H groups in total. The molecule has 0 spiro atoms. The molecule has 1 aromatic heterocycles. The Morgan fingerprint density at radius 2 is 2.04 bits per heavy atom. The molecule has 0 bridgehead atoms. The Hall–Kier alpha value is -2.23. The number of hydrogen-bond donors (Lipinski definition) is 1. The van der Waals surface area contributed by atoms with Crippen molar-refractivity contribution in [2.75, 3.05) is 0 Å². The van der Waals surface area contributed by atoms with E-state index in [1.165, 1.54) is 42.8 Å². The van der Waals surface area contributed by atoms with Gasteiger partial charge < -0.3 is 5.11 Å². The quantitative estimate of drug-likeness (QED) is 0.821. The second-order valence-electron chi connectivity index (χ2n) is 6.78. The number of nitrogens with zero attached hydrogens (tertiary/aromatic N) is 2. The molecule has 122 valence electrons. The molecule has 23 heavy (non-hydrogen) atoms. The molecule has 0 atom stereocenters. The van der Waals surface area contributed by atoms with Crippen molar-refractivity contribution in [3.63, 3.8) is 0 Å². The number of carboxylic acid groups (broad SMARTS) is 1. The lowest BCUT2D eigenvalue weighted by molar-refractivity contribution is 0.0690. The van der Waals surface area contributed by atoms with E-state index in [1.54, 1.807) is 0 Å². The van der Waals surface area contributed by atoms with Gasteiger partial charge in [0.05, 0.1) is 18.1 Å². The number of rotatable bonds is 4. The van der Waals surface area contributed by atoms with Crippen LogP contribution in [0, 0.1) is 5.41 Å². The SMILES string of the molecule is CC(C=CC1=C(C)CCCC1(C)C)=Cc1cnc(C(=O)O)cn1. The first-order valence-corrected chi connectivity index (χ1v) is 7.91. The zero-order valence-corrected chi connectivity index (χ0v) is 14.3. The van der Waals surface area contributed by atoms with E-state index in [1.807, 2.05) is 13.0 Å². The maximum atomic E-state index is 10.8. The molecule has 4 heteroatoms. The molecule has 0 radical (unpaired) electrons. The van der Waals surface area contributed by atoms with Gasteiger partial charge in [0.25, 0.3) is 0 Å². The smallest absolute Gasteiger partial charge is 0.356 e. The second kappa shape index (κ2) is 6.90. The van der Waals surface area contributed by atoms with Crippen molar-refractivity contribution in [2.45, 2.75) is 47.0 Å². The van der Waals surface area contributed by atoms with Crippen LogP contribution in [0.5, 0.6) is 0 Å². The van der Waals surface area contributed by atoms with Crippen LogP contribution in [0.25, 0.3) is 6.08 Å². The van der Waals surface area contributed by atoms with Crippen molar-refractivity contribution in [1.29, 1.82) is 0 Å². The summed E-state index contributed by atoms with van der Waals surface area (Å²) < 4.78 is 0. The van der Waals surface area contributed by atoms with Crippen LogP contribution in [0.3, 0.4) is 0 Å². The van der Waals surface area contributed by atoms with Crippen LogP contribution in [0.4, 0.5) is 0 Å². The predicted octanol–water partition coefficient (Wildman–Crippen LogP) is 4.66. The highest BCUT2D eigenvalue weighted by atomic mass is 16.4. The van der Waals surface area contributed by atoms with Crippen LogP contribution >= 0.6 is 0 Å². The van der Waals surface area contributed by atoms with E-state index in [0.29, 0.717) is 5.69 Å². The third-order valence-corrected chi connectivity index (χ3v) is 4.32. The average molecular weight is 312 g/mol. The summed E-state index contributed by atoms with van der Waals surface area (Å²) in [5.41, 5.74) is 4.79. The van der Waals surface area contributed by atoms with Crippen molar-refractivity contribution >= 4 is 12.0 Å². The molecule has 0 saturated heterocycles. The van der Waals surface area contributed by atoms with E-state index in [2.05, 4.69) is 42.9 Å². The molecule has 1 heterocycles. The van der Waals surface area contributed by atoms with E-state index < -0.39 is 5.97 Å². The minimum Gasteiger partial charge on any atom is -0.476 e. The molecule has 0 aliphatic heterocycles. The summed E-state index contributed by atoms with van der Waals surface area (Å²) in [6.45, 7) is 8.82. The van der Waals surface area contributed by atoms with Crippen LogP contribution in [0.1, 0.15) is 63.1 Å². The average Bonchev–Trinajstić information content (AvgIpc) is 2.46. The first kappa shape index (κ1) is 17.1. The normalized spacial score (nSPS) is 18.5. The van der Waals surface area contributed by atoms with E-state index in [9.17, 15) is 4.79 Å². The maximum Gasteiger partial charge on any atom is 0.356 e. The van der Waals surface area contributed by atoms with Crippen molar-refractivity contribution in [3.8, 4) is 0 Å². The summed E-state index contributed by atoms with van der Waals surface area (Å²) in [7, 11) is 0. The molecule has 0 amide bonds. The molecule has 2 rings (SSSR count). The van der Waals surface area contributed by atoms with E-state index in [-0.39, 0.29) is 11.1 Å². The molecule has 1 aliphatic carbocycles. The lowest BCUT2D eigenvalue weighted by atomic mass is 9.72. The zero-order chi connectivity index (χ0) is 17.0. The standard InChI is InChI=1S/C19H24N2O2/c1-13(10-15-11-21-17(12-20-15)18(22)23)7-8-16-14(2)6-5-9-19(16,3)4/h7-8,10-12H,5-6,9H2,1-4H3,(H,22,23). The Bertz CT molecular complexity index is 680. The number of carbonyl (C=O) groups is 1.